The van der Waals surface area contributed by atoms with Gasteiger partial charge in [0, 0.05) is 0 Å². The number of hydrogen-bond acceptors (Lipinski definition) is 15. The van der Waals surface area contributed by atoms with Crippen molar-refractivity contribution in [3.8, 4) is 0 Å². The summed E-state index contributed by atoms with van der Waals surface area (Å²) in [6.45, 7) is -1.000. The minimum atomic E-state index is -6.01. The minimum absolute atomic E-state index is 0. The Morgan fingerprint density at radius 1 is 1.09 bits per heavy atom. The van der Waals surface area contributed by atoms with Gasteiger partial charge in [0.25, 0.3) is 15.6 Å². The molecule has 0 bridgehead atoms. The first-order valence-corrected chi connectivity index (χ1v) is 12.3. The van der Waals surface area contributed by atoms with Crippen molar-refractivity contribution >= 4 is 40.4 Å². The summed E-state index contributed by atoms with van der Waals surface area (Å²) in [6, 6.07) is 0. The molecular formula is C10H16N5Na2O14P3. The average Bonchev–Trinajstić information content (AvgIpc) is 3.13. The molecule has 24 heteroatoms. The number of rotatable bonds is 8. The first kappa shape index (κ1) is 34.6. The van der Waals surface area contributed by atoms with E-state index >= 15 is 0 Å². The van der Waals surface area contributed by atoms with Gasteiger partial charge in [-0.05, 0) is 0 Å². The van der Waals surface area contributed by atoms with Gasteiger partial charge in [-0.2, -0.15) is 0 Å². The smallest absolute Gasteiger partial charge is 0.756 e. The van der Waals surface area contributed by atoms with Crippen LogP contribution < -0.4 is 74.6 Å². The number of anilines is 1. The van der Waals surface area contributed by atoms with Crippen molar-refractivity contribution in [2.45, 2.75) is 24.5 Å². The Kier molecular flexibility index (Phi) is 13.1. The number of aromatic nitrogens is 4. The molecule has 1 fully saturated rings. The van der Waals surface area contributed by atoms with Crippen molar-refractivity contribution in [2.75, 3.05) is 12.3 Å². The second-order valence-corrected chi connectivity index (χ2v) is 10.3. The predicted octanol–water partition coefficient (Wildman–Crippen LogP) is -9.71. The Bertz CT molecular complexity index is 1120. The van der Waals surface area contributed by atoms with Crippen molar-refractivity contribution in [3.63, 3.8) is 0 Å². The van der Waals surface area contributed by atoms with Crippen LogP contribution in [-0.2, 0) is 31.6 Å². The minimum Gasteiger partial charge on any atom is -0.756 e. The van der Waals surface area contributed by atoms with E-state index in [4.69, 9.17) is 15.4 Å². The number of aliphatic hydroxyl groups excluding tert-OH is 2. The van der Waals surface area contributed by atoms with Crippen molar-refractivity contribution in [3.05, 3.63) is 12.7 Å². The van der Waals surface area contributed by atoms with Gasteiger partial charge in [-0.15, -0.1) is 0 Å². The van der Waals surface area contributed by atoms with Crippen LogP contribution in [0.15, 0.2) is 12.7 Å². The number of ether oxygens (including phenoxy) is 1. The molecule has 8 N–H and O–H groups in total. The zero-order valence-electron chi connectivity index (χ0n) is 17.3. The molecule has 0 aromatic carbocycles. The Morgan fingerprint density at radius 3 is 2.29 bits per heavy atom. The molecule has 7 atom stereocenters. The number of fused-ring (bicyclic) bond motifs is 1. The third-order valence-corrected chi connectivity index (χ3v) is 7.53. The zero-order valence-corrected chi connectivity index (χ0v) is 24.0. The fourth-order valence-electron chi connectivity index (χ4n) is 2.61. The van der Waals surface area contributed by atoms with Crippen LogP contribution in [0.5, 0.6) is 0 Å². The van der Waals surface area contributed by atoms with E-state index in [0.29, 0.717) is 0 Å². The molecule has 0 aliphatic carbocycles. The Labute approximate surface area is 234 Å². The number of phosphoric acid groups is 3. The van der Waals surface area contributed by atoms with Crippen molar-refractivity contribution in [2.24, 2.45) is 0 Å². The fourth-order valence-corrected chi connectivity index (χ4v) is 5.55. The second kappa shape index (κ2) is 12.9. The summed E-state index contributed by atoms with van der Waals surface area (Å²) in [7, 11) is -17.4. The zero-order chi connectivity index (χ0) is 23.2. The summed E-state index contributed by atoms with van der Waals surface area (Å²) < 4.78 is 51.0. The maximum Gasteiger partial charge on any atom is 1.00 e. The van der Waals surface area contributed by atoms with Gasteiger partial charge in [0.1, 0.15) is 30.2 Å². The van der Waals surface area contributed by atoms with Crippen LogP contribution in [0, 0.1) is 0 Å². The van der Waals surface area contributed by atoms with Crippen molar-refractivity contribution < 1.29 is 126 Å². The van der Waals surface area contributed by atoms with Crippen LogP contribution in [0.2, 0.25) is 0 Å². The van der Waals surface area contributed by atoms with E-state index in [0.717, 1.165) is 6.33 Å². The van der Waals surface area contributed by atoms with Crippen LogP contribution in [0.3, 0.4) is 0 Å². The van der Waals surface area contributed by atoms with Crippen LogP contribution in [0.1, 0.15) is 6.23 Å². The SMILES string of the molecule is Nc1ncnc2c1ncn2[C@@H]1O[C@H](COP(=O)(O)OP(=O)([O-])OP(=O)([O-])O)[C@H](O)[C@@H]1O.O.[Na+].[Na+]. The van der Waals surface area contributed by atoms with Crippen molar-refractivity contribution in [1.29, 1.82) is 0 Å². The molecule has 1 aliphatic heterocycles. The average molecular weight is 569 g/mol. The van der Waals surface area contributed by atoms with Crippen molar-refractivity contribution in [1.82, 2.24) is 19.5 Å². The van der Waals surface area contributed by atoms with Crippen LogP contribution >= 0.6 is 23.5 Å². The number of imidazole rings is 1. The molecule has 2 aromatic rings. The molecule has 19 nitrogen and oxygen atoms in total. The summed E-state index contributed by atoms with van der Waals surface area (Å²) in [5.74, 6) is 0.0322. The second-order valence-electron chi connectivity index (χ2n) is 5.97. The molecule has 0 spiro atoms. The van der Waals surface area contributed by atoms with Gasteiger partial charge in [-0.1, -0.05) is 0 Å². The number of nitrogen functional groups attached to an aromatic ring is 1. The van der Waals surface area contributed by atoms with E-state index < -0.39 is 54.6 Å². The van der Waals surface area contributed by atoms with E-state index in [1.807, 2.05) is 0 Å². The molecule has 182 valence electrons. The molecule has 2 aromatic heterocycles. The Balaban J connectivity index is 0.00000363. The van der Waals surface area contributed by atoms with E-state index in [1.54, 1.807) is 0 Å². The van der Waals surface area contributed by atoms with E-state index in [1.165, 1.54) is 10.9 Å². The molecule has 3 rings (SSSR count). The summed E-state index contributed by atoms with van der Waals surface area (Å²) in [6.07, 6.45) is -3.81. The Morgan fingerprint density at radius 2 is 1.71 bits per heavy atom. The van der Waals surface area contributed by atoms with E-state index in [9.17, 15) is 38.6 Å². The quantitative estimate of drug-likeness (QED) is 0.145. The number of phosphoric ester groups is 1. The molecule has 0 saturated carbocycles. The molecule has 1 aliphatic rings. The molecule has 3 heterocycles. The molecule has 3 unspecified atom stereocenters. The van der Waals surface area contributed by atoms with Gasteiger partial charge in [-0.25, -0.2) is 28.1 Å². The topological polar surface area (TPSA) is 316 Å². The largest absolute Gasteiger partial charge is 1.00 e. The van der Waals surface area contributed by atoms with Gasteiger partial charge in [-0.3, -0.25) is 18.2 Å². The first-order valence-electron chi connectivity index (χ1n) is 7.88. The van der Waals surface area contributed by atoms with E-state index in [-0.39, 0.29) is 81.6 Å². The predicted molar refractivity (Wildman–Crippen MR) is 94.7 cm³/mol. The standard InChI is InChI=1S/C10H16N5O13P3.2Na.H2O/c11-8-5-9(13-2-12-8)15(3-14-5)10-7(17)6(16)4(26-10)1-25-30(21,22)28-31(23,24)27-29(18,19)20;;;/h2-4,6-7,10,16-17H,1H2,(H,21,22)(H,23,24)(H2,11,12,13)(H2,18,19,20);;;1H2/q;2*+1;/p-2/t4-,6+,7+,10-;;;/m1.../s1. The molecular weight excluding hydrogens is 553 g/mol. The number of nitrogens with two attached hydrogens (primary N) is 1. The summed E-state index contributed by atoms with van der Waals surface area (Å²) in [4.78, 5) is 51.0. The Hall–Kier alpha value is 0.600. The summed E-state index contributed by atoms with van der Waals surface area (Å²) in [5.41, 5.74) is 5.97. The number of aliphatic hydroxyl groups is 2. The van der Waals surface area contributed by atoms with Gasteiger partial charge < -0.3 is 45.7 Å². The molecule has 34 heavy (non-hydrogen) atoms. The maximum atomic E-state index is 11.7. The monoisotopic (exact) mass is 569 g/mol. The molecule has 0 amide bonds. The third-order valence-electron chi connectivity index (χ3n) is 3.81. The normalized spacial score (nSPS) is 27.4. The van der Waals surface area contributed by atoms with Gasteiger partial charge in [0.05, 0.1) is 12.9 Å². The molecule has 0 radical (unpaired) electrons. The van der Waals surface area contributed by atoms with Crippen LogP contribution in [-0.4, -0.2) is 69.9 Å². The third kappa shape index (κ3) is 8.58. The fraction of sp³-hybridized carbons (Fsp3) is 0.500. The summed E-state index contributed by atoms with van der Waals surface area (Å²) in [5, 5.41) is 20.4. The van der Waals surface area contributed by atoms with Gasteiger partial charge >= 0.3 is 66.9 Å². The van der Waals surface area contributed by atoms with E-state index in [2.05, 4.69) is 28.1 Å². The van der Waals surface area contributed by atoms with Crippen LogP contribution in [0.25, 0.3) is 11.2 Å². The maximum absolute atomic E-state index is 11.7. The van der Waals surface area contributed by atoms with Gasteiger partial charge in [0.2, 0.25) is 0 Å². The number of hydrogen-bond donors (Lipinski definition) is 5. The van der Waals surface area contributed by atoms with Gasteiger partial charge in [0.15, 0.2) is 17.7 Å². The molecule has 1 saturated heterocycles. The number of nitrogens with zero attached hydrogens (tertiary/aromatic N) is 4. The summed E-state index contributed by atoms with van der Waals surface area (Å²) >= 11 is 0. The van der Waals surface area contributed by atoms with Crippen LogP contribution in [0.4, 0.5) is 5.82 Å². The first-order chi connectivity index (χ1) is 14.2.